The van der Waals surface area contributed by atoms with Gasteiger partial charge in [0.25, 0.3) is 0 Å². The van der Waals surface area contributed by atoms with Crippen LogP contribution in [0.4, 0.5) is 34.1 Å². The normalized spacial score (nSPS) is 10.9. The molecule has 278 valence electrons. The van der Waals surface area contributed by atoms with E-state index in [4.69, 9.17) is 0 Å². The zero-order chi connectivity index (χ0) is 39.3. The maximum absolute atomic E-state index is 2.36. The van der Waals surface area contributed by atoms with Crippen molar-refractivity contribution >= 4 is 34.1 Å². The van der Waals surface area contributed by atoms with Crippen molar-refractivity contribution < 1.29 is 0 Å². The largest absolute Gasteiger partial charge is 0.311 e. The van der Waals surface area contributed by atoms with Crippen molar-refractivity contribution in [2.24, 2.45) is 0 Å². The van der Waals surface area contributed by atoms with E-state index in [1.54, 1.807) is 0 Å². The van der Waals surface area contributed by atoms with Crippen LogP contribution in [0.25, 0.3) is 44.5 Å². The summed E-state index contributed by atoms with van der Waals surface area (Å²) in [5.74, 6) is 0. The molecule has 0 aromatic heterocycles. The molecule has 0 amide bonds. The molecular weight excluding hydrogens is 701 g/mol. The topological polar surface area (TPSA) is 6.48 Å². The molecular formula is C56H44N2. The van der Waals surface area contributed by atoms with E-state index in [1.807, 2.05) is 0 Å². The number of nitrogens with zero attached hydrogens (tertiary/aromatic N) is 2. The minimum atomic E-state index is 1.10. The lowest BCUT2D eigenvalue weighted by atomic mass is 9.93. The molecule has 0 atom stereocenters. The summed E-state index contributed by atoms with van der Waals surface area (Å²) in [6.07, 6.45) is 0. The number of hydrogen-bond acceptors (Lipinski definition) is 2. The van der Waals surface area contributed by atoms with E-state index in [2.05, 4.69) is 254 Å². The fourth-order valence-corrected chi connectivity index (χ4v) is 7.72. The molecule has 0 saturated carbocycles. The van der Waals surface area contributed by atoms with Gasteiger partial charge in [0.15, 0.2) is 0 Å². The summed E-state index contributed by atoms with van der Waals surface area (Å²) in [7, 11) is 0. The number of aryl methyl sites for hydroxylation is 2. The van der Waals surface area contributed by atoms with Gasteiger partial charge in [0.05, 0.1) is 0 Å². The van der Waals surface area contributed by atoms with Crippen LogP contribution in [0.3, 0.4) is 0 Å². The molecule has 2 nitrogen and oxygen atoms in total. The van der Waals surface area contributed by atoms with Gasteiger partial charge in [0, 0.05) is 34.1 Å². The Morgan fingerprint density at radius 3 is 0.897 bits per heavy atom. The molecule has 0 unspecified atom stereocenters. The van der Waals surface area contributed by atoms with Crippen molar-refractivity contribution in [1.29, 1.82) is 0 Å². The molecule has 0 aliphatic heterocycles. The molecule has 0 heterocycles. The van der Waals surface area contributed by atoms with Crippen LogP contribution < -0.4 is 9.80 Å². The van der Waals surface area contributed by atoms with Gasteiger partial charge < -0.3 is 9.80 Å². The van der Waals surface area contributed by atoms with E-state index in [0.29, 0.717) is 0 Å². The Morgan fingerprint density at radius 2 is 0.500 bits per heavy atom. The third-order valence-electron chi connectivity index (χ3n) is 10.8. The van der Waals surface area contributed by atoms with E-state index in [-0.39, 0.29) is 0 Å². The van der Waals surface area contributed by atoms with Crippen molar-refractivity contribution in [3.63, 3.8) is 0 Å². The molecule has 0 saturated heterocycles. The predicted octanol–water partition coefficient (Wildman–Crippen LogP) is 15.9. The van der Waals surface area contributed by atoms with Gasteiger partial charge in [0.2, 0.25) is 0 Å². The molecule has 9 aromatic carbocycles. The van der Waals surface area contributed by atoms with Crippen LogP contribution in [0.2, 0.25) is 0 Å². The first kappa shape index (κ1) is 36.2. The van der Waals surface area contributed by atoms with Crippen LogP contribution in [0.1, 0.15) is 11.1 Å². The smallest absolute Gasteiger partial charge is 0.0468 e. The summed E-state index contributed by atoms with van der Waals surface area (Å²) < 4.78 is 0. The van der Waals surface area contributed by atoms with Gasteiger partial charge in [-0.25, -0.2) is 0 Å². The van der Waals surface area contributed by atoms with Gasteiger partial charge in [-0.15, -0.1) is 0 Å². The van der Waals surface area contributed by atoms with Crippen LogP contribution in [-0.2, 0) is 0 Å². The Labute approximate surface area is 342 Å². The maximum Gasteiger partial charge on any atom is 0.0468 e. The summed E-state index contributed by atoms with van der Waals surface area (Å²) in [6.45, 7) is 4.27. The highest BCUT2D eigenvalue weighted by molar-refractivity contribution is 5.90. The fraction of sp³-hybridized carbons (Fsp3) is 0.0357. The Kier molecular flexibility index (Phi) is 10.2. The number of hydrogen-bond donors (Lipinski definition) is 0. The Hall–Kier alpha value is -7.42. The first-order valence-electron chi connectivity index (χ1n) is 19.9. The fourth-order valence-electron chi connectivity index (χ4n) is 7.72. The minimum Gasteiger partial charge on any atom is -0.311 e. The first-order valence-corrected chi connectivity index (χ1v) is 19.9. The Balaban J connectivity index is 1.11. The van der Waals surface area contributed by atoms with Crippen molar-refractivity contribution in [2.45, 2.75) is 13.8 Å². The molecule has 58 heavy (non-hydrogen) atoms. The van der Waals surface area contributed by atoms with Gasteiger partial charge >= 0.3 is 0 Å². The number of benzene rings is 9. The highest BCUT2D eigenvalue weighted by Gasteiger charge is 2.18. The van der Waals surface area contributed by atoms with Gasteiger partial charge in [-0.05, 0) is 131 Å². The third-order valence-corrected chi connectivity index (χ3v) is 10.8. The SMILES string of the molecule is Cc1ccc(N(c2ccc(-c3ccccc3)cc2)c2ccc(-c3ccc(N(c4ccc(C)cc4)c4ccc(-c5ccccc5)cc4)cc3-c3ccccc3)cc2)cc1. The molecule has 9 aromatic rings. The van der Waals surface area contributed by atoms with Crippen molar-refractivity contribution in [2.75, 3.05) is 9.80 Å². The summed E-state index contributed by atoms with van der Waals surface area (Å²) in [4.78, 5) is 4.69. The van der Waals surface area contributed by atoms with Gasteiger partial charge in [-0.3, -0.25) is 0 Å². The number of rotatable bonds is 10. The summed E-state index contributed by atoms with van der Waals surface area (Å²) >= 11 is 0. The monoisotopic (exact) mass is 744 g/mol. The maximum atomic E-state index is 2.36. The second-order valence-corrected chi connectivity index (χ2v) is 14.8. The standard InChI is InChI=1S/C56H44N2/c1-41-18-28-49(29-19-41)57(51-32-22-45(23-33-51)43-12-6-3-7-13-43)52-36-26-48(27-37-52)55-39-38-54(40-56(55)47-16-10-5-11-17-47)58(50-30-20-42(2)21-31-50)53-34-24-46(25-35-53)44-14-8-4-9-15-44/h3-40H,1-2H3. The summed E-state index contributed by atoms with van der Waals surface area (Å²) in [5, 5.41) is 0. The lowest BCUT2D eigenvalue weighted by Crippen LogP contribution is -2.10. The lowest BCUT2D eigenvalue weighted by molar-refractivity contribution is 1.27. The highest BCUT2D eigenvalue weighted by atomic mass is 15.1. The predicted molar refractivity (Wildman–Crippen MR) is 247 cm³/mol. The zero-order valence-corrected chi connectivity index (χ0v) is 32.8. The minimum absolute atomic E-state index is 1.10. The molecule has 0 spiro atoms. The molecule has 0 fully saturated rings. The molecule has 0 N–H and O–H groups in total. The second kappa shape index (κ2) is 16.4. The van der Waals surface area contributed by atoms with Crippen molar-refractivity contribution in [3.05, 3.63) is 242 Å². The van der Waals surface area contributed by atoms with Gasteiger partial charge in [-0.1, -0.05) is 169 Å². The molecule has 0 radical (unpaired) electrons. The zero-order valence-electron chi connectivity index (χ0n) is 32.8. The van der Waals surface area contributed by atoms with Crippen LogP contribution >= 0.6 is 0 Å². The second-order valence-electron chi connectivity index (χ2n) is 14.8. The Bertz CT molecular complexity index is 2720. The van der Waals surface area contributed by atoms with Crippen LogP contribution in [0, 0.1) is 13.8 Å². The van der Waals surface area contributed by atoms with E-state index >= 15 is 0 Å². The van der Waals surface area contributed by atoms with Crippen LogP contribution in [0.5, 0.6) is 0 Å². The first-order chi connectivity index (χ1) is 28.6. The quantitative estimate of drug-likeness (QED) is 0.138. The molecule has 0 aliphatic rings. The van der Waals surface area contributed by atoms with Crippen LogP contribution in [-0.4, -0.2) is 0 Å². The summed E-state index contributed by atoms with van der Waals surface area (Å²) in [6, 6.07) is 83.1. The molecule has 0 bridgehead atoms. The average molecular weight is 745 g/mol. The van der Waals surface area contributed by atoms with Crippen molar-refractivity contribution in [3.8, 4) is 44.5 Å². The molecule has 9 rings (SSSR count). The molecule has 2 heteroatoms. The Morgan fingerprint density at radius 1 is 0.224 bits per heavy atom. The molecule has 0 aliphatic carbocycles. The van der Waals surface area contributed by atoms with E-state index in [0.717, 1.165) is 39.7 Å². The average Bonchev–Trinajstić information content (AvgIpc) is 3.29. The lowest BCUT2D eigenvalue weighted by Gasteiger charge is -2.27. The van der Waals surface area contributed by atoms with Gasteiger partial charge in [-0.2, -0.15) is 0 Å². The van der Waals surface area contributed by atoms with Crippen molar-refractivity contribution in [1.82, 2.24) is 0 Å². The van der Waals surface area contributed by atoms with Gasteiger partial charge in [0.1, 0.15) is 0 Å². The summed E-state index contributed by atoms with van der Waals surface area (Å²) in [5.41, 5.74) is 18.6. The highest BCUT2D eigenvalue weighted by Crippen LogP contribution is 2.42. The van der Waals surface area contributed by atoms with E-state index in [1.165, 1.54) is 50.1 Å². The number of anilines is 6. The van der Waals surface area contributed by atoms with E-state index in [9.17, 15) is 0 Å². The van der Waals surface area contributed by atoms with E-state index < -0.39 is 0 Å². The van der Waals surface area contributed by atoms with Crippen LogP contribution in [0.15, 0.2) is 231 Å². The third kappa shape index (κ3) is 7.69.